The maximum atomic E-state index is 6.29. The lowest BCUT2D eigenvalue weighted by molar-refractivity contribution is 0.447. The summed E-state index contributed by atoms with van der Waals surface area (Å²) in [6.45, 7) is 5.31. The minimum atomic E-state index is 0.655. The van der Waals surface area contributed by atoms with Crippen LogP contribution in [0.3, 0.4) is 0 Å². The Kier molecular flexibility index (Phi) is 4.10. The largest absolute Gasteiger partial charge is 0.314 e. The Morgan fingerprint density at radius 2 is 2.24 bits per heavy atom. The molecule has 1 N–H and O–H groups in total. The van der Waals surface area contributed by atoms with E-state index in [-0.39, 0.29) is 0 Å². The molecule has 1 aromatic rings. The molecule has 0 bridgehead atoms. The number of hydrogen-bond acceptors (Lipinski definition) is 2. The lowest BCUT2D eigenvalue weighted by Gasteiger charge is -2.16. The van der Waals surface area contributed by atoms with Crippen LogP contribution < -0.4 is 5.32 Å². The maximum absolute atomic E-state index is 6.29. The minimum Gasteiger partial charge on any atom is -0.314 e. The molecule has 1 heterocycles. The van der Waals surface area contributed by atoms with Crippen LogP contribution in [-0.4, -0.2) is 22.4 Å². The van der Waals surface area contributed by atoms with Crippen molar-refractivity contribution >= 4 is 11.6 Å². The van der Waals surface area contributed by atoms with Crippen molar-refractivity contribution in [2.45, 2.75) is 45.6 Å². The van der Waals surface area contributed by atoms with Crippen LogP contribution >= 0.6 is 11.6 Å². The highest BCUT2D eigenvalue weighted by Crippen LogP contribution is 2.24. The number of halogens is 1. The third kappa shape index (κ3) is 3.23. The van der Waals surface area contributed by atoms with Gasteiger partial charge in [-0.1, -0.05) is 24.9 Å². The second kappa shape index (κ2) is 5.40. The van der Waals surface area contributed by atoms with Crippen LogP contribution in [0.2, 0.25) is 5.02 Å². The Morgan fingerprint density at radius 1 is 1.53 bits per heavy atom. The molecule has 1 saturated carbocycles. The van der Waals surface area contributed by atoms with Crippen LogP contribution in [0.1, 0.15) is 37.6 Å². The van der Waals surface area contributed by atoms with E-state index in [0.717, 1.165) is 29.7 Å². The molecule has 0 radical (unpaired) electrons. The fraction of sp³-hybridized carbons (Fsp3) is 0.769. The van der Waals surface area contributed by atoms with Crippen LogP contribution in [-0.2, 0) is 13.5 Å². The zero-order valence-electron chi connectivity index (χ0n) is 11.0. The number of nitrogens with one attached hydrogen (secondary N) is 1. The second-order valence-electron chi connectivity index (χ2n) is 5.13. The van der Waals surface area contributed by atoms with Gasteiger partial charge in [0.2, 0.25) is 0 Å². The van der Waals surface area contributed by atoms with Gasteiger partial charge in [-0.15, -0.1) is 0 Å². The van der Waals surface area contributed by atoms with E-state index >= 15 is 0 Å². The van der Waals surface area contributed by atoms with Crippen molar-refractivity contribution in [1.29, 1.82) is 0 Å². The van der Waals surface area contributed by atoms with Crippen LogP contribution in [0.25, 0.3) is 0 Å². The van der Waals surface area contributed by atoms with Crippen molar-refractivity contribution in [2.75, 3.05) is 6.54 Å². The molecule has 1 unspecified atom stereocenters. The molecule has 2 rings (SSSR count). The molecule has 4 heteroatoms. The summed E-state index contributed by atoms with van der Waals surface area (Å²) in [5, 5.41) is 8.82. The Balaban J connectivity index is 1.95. The summed E-state index contributed by atoms with van der Waals surface area (Å²) in [4.78, 5) is 0. The van der Waals surface area contributed by atoms with E-state index < -0.39 is 0 Å². The smallest absolute Gasteiger partial charge is 0.0847 e. The Bertz CT molecular complexity index is 382. The molecule has 0 spiro atoms. The van der Waals surface area contributed by atoms with Gasteiger partial charge in [-0.2, -0.15) is 5.10 Å². The number of aromatic nitrogens is 2. The van der Waals surface area contributed by atoms with E-state index in [1.807, 2.05) is 18.7 Å². The zero-order valence-corrected chi connectivity index (χ0v) is 11.7. The van der Waals surface area contributed by atoms with E-state index in [4.69, 9.17) is 11.6 Å². The molecule has 0 saturated heterocycles. The van der Waals surface area contributed by atoms with Crippen LogP contribution in [0.15, 0.2) is 0 Å². The molecular formula is C13H22ClN3. The van der Waals surface area contributed by atoms with Crippen LogP contribution in [0.5, 0.6) is 0 Å². The van der Waals surface area contributed by atoms with Crippen molar-refractivity contribution in [3.05, 3.63) is 16.4 Å². The third-order valence-corrected chi connectivity index (χ3v) is 4.09. The number of aryl methyl sites for hydroxylation is 2. The van der Waals surface area contributed by atoms with Crippen molar-refractivity contribution in [3.63, 3.8) is 0 Å². The molecule has 17 heavy (non-hydrogen) atoms. The lowest BCUT2D eigenvalue weighted by atomic mass is 10.00. The van der Waals surface area contributed by atoms with E-state index in [2.05, 4.69) is 17.3 Å². The lowest BCUT2D eigenvalue weighted by Crippen LogP contribution is -2.26. The fourth-order valence-electron chi connectivity index (χ4n) is 2.16. The topological polar surface area (TPSA) is 29.9 Å². The van der Waals surface area contributed by atoms with Gasteiger partial charge in [0.15, 0.2) is 0 Å². The van der Waals surface area contributed by atoms with Crippen molar-refractivity contribution in [2.24, 2.45) is 13.0 Å². The summed E-state index contributed by atoms with van der Waals surface area (Å²) in [6.07, 6.45) is 4.90. The molecule has 1 aliphatic carbocycles. The van der Waals surface area contributed by atoms with Crippen molar-refractivity contribution in [1.82, 2.24) is 15.1 Å². The predicted molar refractivity (Wildman–Crippen MR) is 71.5 cm³/mol. The van der Waals surface area contributed by atoms with E-state index in [1.165, 1.54) is 25.0 Å². The summed E-state index contributed by atoms with van der Waals surface area (Å²) < 4.78 is 1.93. The van der Waals surface area contributed by atoms with Gasteiger partial charge in [0.1, 0.15) is 0 Å². The first-order valence-corrected chi connectivity index (χ1v) is 6.91. The molecule has 1 fully saturated rings. The van der Waals surface area contributed by atoms with Crippen molar-refractivity contribution in [3.8, 4) is 0 Å². The average molecular weight is 256 g/mol. The highest BCUT2D eigenvalue weighted by molar-refractivity contribution is 6.31. The molecule has 1 aromatic heterocycles. The molecule has 0 amide bonds. The Labute approximate surface area is 109 Å². The molecule has 1 atom stereocenters. The third-order valence-electron chi connectivity index (χ3n) is 3.59. The average Bonchev–Trinajstić information content (AvgIpc) is 3.08. The normalized spacial score (nSPS) is 17.4. The first-order valence-electron chi connectivity index (χ1n) is 6.53. The van der Waals surface area contributed by atoms with Crippen molar-refractivity contribution < 1.29 is 0 Å². The number of hydrogen-bond donors (Lipinski definition) is 1. The summed E-state index contributed by atoms with van der Waals surface area (Å²) >= 11 is 6.29. The van der Waals surface area contributed by atoms with E-state index in [9.17, 15) is 0 Å². The predicted octanol–water partition coefficient (Wildman–Crippen LogP) is 2.70. The molecule has 0 aliphatic heterocycles. The highest BCUT2D eigenvalue weighted by atomic mass is 35.5. The second-order valence-corrected chi connectivity index (χ2v) is 5.51. The summed E-state index contributed by atoms with van der Waals surface area (Å²) in [7, 11) is 1.98. The first-order chi connectivity index (χ1) is 8.11. The van der Waals surface area contributed by atoms with Gasteiger partial charge in [-0.25, -0.2) is 0 Å². The van der Waals surface area contributed by atoms with Gasteiger partial charge >= 0.3 is 0 Å². The number of nitrogens with zero attached hydrogens (tertiary/aromatic N) is 2. The zero-order chi connectivity index (χ0) is 12.4. The molecule has 1 aliphatic rings. The van der Waals surface area contributed by atoms with Gasteiger partial charge in [0.05, 0.1) is 16.4 Å². The van der Waals surface area contributed by atoms with Crippen LogP contribution in [0.4, 0.5) is 0 Å². The molecule has 3 nitrogen and oxygen atoms in total. The van der Waals surface area contributed by atoms with Gasteiger partial charge < -0.3 is 5.32 Å². The van der Waals surface area contributed by atoms with Gasteiger partial charge in [0.25, 0.3) is 0 Å². The monoisotopic (exact) mass is 255 g/mol. The summed E-state index contributed by atoms with van der Waals surface area (Å²) in [5.41, 5.74) is 2.11. The van der Waals surface area contributed by atoms with E-state index in [1.54, 1.807) is 0 Å². The van der Waals surface area contributed by atoms with Gasteiger partial charge in [-0.3, -0.25) is 4.68 Å². The minimum absolute atomic E-state index is 0.655. The summed E-state index contributed by atoms with van der Waals surface area (Å²) in [5.74, 6) is 0.655. The van der Waals surface area contributed by atoms with Crippen LogP contribution in [0, 0.1) is 12.8 Å². The van der Waals surface area contributed by atoms with E-state index in [0.29, 0.717) is 5.92 Å². The molecular weight excluding hydrogens is 234 g/mol. The standard InChI is InChI=1S/C13H22ClN3/c1-4-10(8-15-11-5-6-11)7-12-13(14)9(2)16-17(12)3/h10-11,15H,4-8H2,1-3H3. The summed E-state index contributed by atoms with van der Waals surface area (Å²) in [6, 6.07) is 0.785. The number of rotatable bonds is 6. The first kappa shape index (κ1) is 12.9. The maximum Gasteiger partial charge on any atom is 0.0847 e. The SMILES string of the molecule is CCC(CNC1CC1)Cc1c(Cl)c(C)nn1C. The fourth-order valence-corrected chi connectivity index (χ4v) is 2.39. The molecule has 0 aromatic carbocycles. The van der Waals surface area contributed by atoms with Gasteiger partial charge in [-0.05, 0) is 38.6 Å². The Hall–Kier alpha value is -0.540. The van der Waals surface area contributed by atoms with Gasteiger partial charge in [0, 0.05) is 13.1 Å². The Morgan fingerprint density at radius 3 is 2.71 bits per heavy atom. The highest BCUT2D eigenvalue weighted by Gasteiger charge is 2.22. The quantitative estimate of drug-likeness (QED) is 0.847. The molecule has 96 valence electrons.